The smallest absolute Gasteiger partial charge is 0.299 e. The number of aromatic nitrogens is 2. The van der Waals surface area contributed by atoms with Gasteiger partial charge in [-0.15, -0.1) is 0 Å². The summed E-state index contributed by atoms with van der Waals surface area (Å²) >= 11 is 24.4. The number of nitrogens with zero attached hydrogens (tertiary/aromatic N) is 5. The first-order valence-electron chi connectivity index (χ1n) is 11.2. The number of nitrogens with one attached hydrogen (secondary N) is 1. The number of hydrogen-bond acceptors (Lipinski definition) is 9. The van der Waals surface area contributed by atoms with Gasteiger partial charge >= 0.3 is 0 Å². The third kappa shape index (κ3) is 11.2. The van der Waals surface area contributed by atoms with Crippen LogP contribution in [-0.4, -0.2) is 83.8 Å². The van der Waals surface area contributed by atoms with E-state index in [0.29, 0.717) is 58.4 Å². The third-order valence-corrected chi connectivity index (χ3v) is 8.07. The minimum absolute atomic E-state index is 0.306. The molecule has 2 fully saturated rings. The summed E-state index contributed by atoms with van der Waals surface area (Å²) in [5.74, 6) is 0. The van der Waals surface area contributed by atoms with E-state index in [-0.39, 0.29) is 0 Å². The highest BCUT2D eigenvalue weighted by atomic mass is 35.7. The molecule has 0 saturated carbocycles. The standard InChI is InChI=1S/C10H12Cl3N3O2S.C10H13Cl2N3.ClHO2S/c11-8-6-14-7-9(12)10(8)15-2-1-3-16(5-4-15)19(13,17)18;11-8-6-14-7-9(12)10(8)15-4-1-2-13-3-5-15;1-4(2)3/h6-7H,1-5H2;6-7,13H,1-5H2;(H,2,3)/p-1. The largest absolute Gasteiger partial charge is 0.760 e. The topological polar surface area (TPSA) is 122 Å². The third-order valence-electron chi connectivity index (χ3n) is 5.39. The molecule has 10 nitrogen and oxygen atoms in total. The fraction of sp³-hybridized carbons (Fsp3) is 0.500. The average molecular weight is 690 g/mol. The molecule has 2 aromatic rings. The molecule has 4 heterocycles. The maximum Gasteiger partial charge on any atom is 0.299 e. The van der Waals surface area contributed by atoms with Gasteiger partial charge in [0.2, 0.25) is 0 Å². The molecule has 1 atom stereocenters. The highest BCUT2D eigenvalue weighted by Crippen LogP contribution is 2.34. The Labute approximate surface area is 253 Å². The Balaban J connectivity index is 0.000000239. The summed E-state index contributed by atoms with van der Waals surface area (Å²) in [7, 11) is 3.49. The van der Waals surface area contributed by atoms with Gasteiger partial charge in [0, 0.05) is 91.6 Å². The quantitative estimate of drug-likeness (QED) is 0.364. The molecule has 214 valence electrons. The summed E-state index contributed by atoms with van der Waals surface area (Å²) in [6.45, 7) is 5.77. The van der Waals surface area contributed by atoms with Crippen LogP contribution in [0.1, 0.15) is 12.8 Å². The van der Waals surface area contributed by atoms with E-state index < -0.39 is 19.5 Å². The first-order valence-corrected chi connectivity index (χ1v) is 16.8. The van der Waals surface area contributed by atoms with Gasteiger partial charge in [-0.1, -0.05) is 46.4 Å². The normalized spacial score (nSPS) is 17.8. The van der Waals surface area contributed by atoms with Crippen molar-refractivity contribution in [3.63, 3.8) is 0 Å². The highest BCUT2D eigenvalue weighted by molar-refractivity contribution is 8.11. The summed E-state index contributed by atoms with van der Waals surface area (Å²) in [6.07, 6.45) is 8.07. The molecule has 0 bridgehead atoms. The highest BCUT2D eigenvalue weighted by Gasteiger charge is 2.25. The van der Waals surface area contributed by atoms with E-state index in [2.05, 4.69) is 30.9 Å². The Morgan fingerprint density at radius 1 is 0.763 bits per heavy atom. The van der Waals surface area contributed by atoms with Crippen LogP contribution in [0, 0.1) is 0 Å². The van der Waals surface area contributed by atoms with Gasteiger partial charge in [0.05, 0.1) is 31.5 Å². The van der Waals surface area contributed by atoms with Crippen LogP contribution in [-0.2, 0) is 19.5 Å². The van der Waals surface area contributed by atoms with Crippen LogP contribution in [0.2, 0.25) is 20.1 Å². The van der Waals surface area contributed by atoms with Crippen molar-refractivity contribution >= 4 is 98.7 Å². The van der Waals surface area contributed by atoms with Crippen molar-refractivity contribution in [3.8, 4) is 0 Å². The summed E-state index contributed by atoms with van der Waals surface area (Å²) in [4.78, 5) is 12.0. The summed E-state index contributed by atoms with van der Waals surface area (Å²) in [6, 6.07) is 0. The molecule has 18 heteroatoms. The Bertz CT molecular complexity index is 1130. The first-order chi connectivity index (χ1) is 17.9. The lowest BCUT2D eigenvalue weighted by Crippen LogP contribution is -2.32. The van der Waals surface area contributed by atoms with E-state index in [4.69, 9.17) is 65.8 Å². The molecule has 2 aliphatic rings. The molecule has 1 N–H and O–H groups in total. The van der Waals surface area contributed by atoms with Crippen molar-refractivity contribution in [2.75, 3.05) is 62.2 Å². The SMILES string of the molecule is Clc1cncc(Cl)c1N1CCCNCC1.O=S(=O)(Cl)N1CCCN(c2c(Cl)cncc2Cl)CC1.O=S([O-])Cl. The van der Waals surface area contributed by atoms with Crippen molar-refractivity contribution in [2.24, 2.45) is 0 Å². The van der Waals surface area contributed by atoms with Crippen LogP contribution in [0.15, 0.2) is 24.8 Å². The molecule has 0 radical (unpaired) electrons. The van der Waals surface area contributed by atoms with Crippen molar-refractivity contribution in [3.05, 3.63) is 44.9 Å². The van der Waals surface area contributed by atoms with E-state index in [1.165, 1.54) is 16.7 Å². The maximum atomic E-state index is 11.3. The zero-order valence-electron chi connectivity index (χ0n) is 19.8. The number of rotatable bonds is 3. The maximum absolute atomic E-state index is 11.3. The number of hydrogen-bond donors (Lipinski definition) is 1. The van der Waals surface area contributed by atoms with Crippen molar-refractivity contribution in [1.29, 1.82) is 0 Å². The number of halogens is 6. The summed E-state index contributed by atoms with van der Waals surface area (Å²) in [5.41, 5.74) is 1.60. The fourth-order valence-corrected chi connectivity index (χ4v) is 6.09. The molecule has 2 aromatic heterocycles. The average Bonchev–Trinajstić information content (AvgIpc) is 3.23. The van der Waals surface area contributed by atoms with Gasteiger partial charge in [0.15, 0.2) is 0 Å². The zero-order chi connectivity index (χ0) is 28.3. The predicted octanol–water partition coefficient (Wildman–Crippen LogP) is 4.59. The molecule has 0 aliphatic carbocycles. The lowest BCUT2D eigenvalue weighted by molar-refractivity contribution is 0.444. The monoisotopic (exact) mass is 687 g/mol. The lowest BCUT2D eigenvalue weighted by Gasteiger charge is -2.24. The van der Waals surface area contributed by atoms with Crippen LogP contribution in [0.4, 0.5) is 11.4 Å². The molecule has 0 aromatic carbocycles. The molecule has 38 heavy (non-hydrogen) atoms. The minimum atomic E-state index is -3.67. The van der Waals surface area contributed by atoms with Crippen molar-refractivity contribution < 1.29 is 17.2 Å². The number of anilines is 2. The van der Waals surface area contributed by atoms with Crippen molar-refractivity contribution in [1.82, 2.24) is 19.6 Å². The van der Waals surface area contributed by atoms with Gasteiger partial charge in [-0.2, -0.15) is 12.7 Å². The second-order valence-corrected chi connectivity index (χ2v) is 13.2. The zero-order valence-corrected chi connectivity index (χ0v) is 26.0. The van der Waals surface area contributed by atoms with Crippen molar-refractivity contribution in [2.45, 2.75) is 12.8 Å². The molecule has 0 amide bonds. The molecule has 2 saturated heterocycles. The molecule has 1 unspecified atom stereocenters. The second kappa shape index (κ2) is 16.8. The lowest BCUT2D eigenvalue weighted by atomic mass is 10.3. The number of pyridine rings is 2. The Kier molecular flexibility index (Phi) is 14.9. The molecular formula is C20H25Cl6N6O4S2-. The van der Waals surface area contributed by atoms with Crippen LogP contribution >= 0.6 is 67.8 Å². The van der Waals surface area contributed by atoms with Gasteiger partial charge in [0.1, 0.15) is 0 Å². The van der Waals surface area contributed by atoms with Gasteiger partial charge in [-0.3, -0.25) is 14.2 Å². The van der Waals surface area contributed by atoms with E-state index in [9.17, 15) is 8.42 Å². The summed E-state index contributed by atoms with van der Waals surface area (Å²) < 4.78 is 41.4. The second-order valence-electron chi connectivity index (χ2n) is 7.87. The van der Waals surface area contributed by atoms with E-state index in [0.717, 1.165) is 38.3 Å². The first kappa shape index (κ1) is 33.8. The predicted molar refractivity (Wildman–Crippen MR) is 156 cm³/mol. The van der Waals surface area contributed by atoms with Crippen LogP contribution in [0.5, 0.6) is 0 Å². The molecule has 0 spiro atoms. The Morgan fingerprint density at radius 2 is 1.21 bits per heavy atom. The Hall–Kier alpha value is -0.380. The van der Waals surface area contributed by atoms with E-state index in [1.54, 1.807) is 12.4 Å². The Morgan fingerprint density at radius 3 is 1.68 bits per heavy atom. The fourth-order valence-electron chi connectivity index (χ4n) is 3.82. The van der Waals surface area contributed by atoms with Crippen LogP contribution in [0.3, 0.4) is 0 Å². The van der Waals surface area contributed by atoms with Gasteiger partial charge in [-0.05, 0) is 30.1 Å². The van der Waals surface area contributed by atoms with Gasteiger partial charge < -0.3 is 19.7 Å². The van der Waals surface area contributed by atoms with Crippen LogP contribution in [0.25, 0.3) is 0 Å². The van der Waals surface area contributed by atoms with Crippen LogP contribution < -0.4 is 15.1 Å². The molecule has 4 rings (SSSR count). The molecular weight excluding hydrogens is 665 g/mol. The van der Waals surface area contributed by atoms with E-state index >= 15 is 0 Å². The summed E-state index contributed by atoms with van der Waals surface area (Å²) in [5, 5.41) is 5.51. The molecule has 2 aliphatic heterocycles. The van der Waals surface area contributed by atoms with Gasteiger partial charge in [-0.25, -0.2) is 0 Å². The van der Waals surface area contributed by atoms with E-state index in [1.807, 2.05) is 4.90 Å². The minimum Gasteiger partial charge on any atom is -0.760 e. The van der Waals surface area contributed by atoms with Gasteiger partial charge in [0.25, 0.3) is 9.24 Å².